The van der Waals surface area contributed by atoms with Crippen LogP contribution in [0.25, 0.3) is 10.1 Å². The highest BCUT2D eigenvalue weighted by molar-refractivity contribution is 7.19. The van der Waals surface area contributed by atoms with E-state index in [1.807, 2.05) is 11.3 Å². The van der Waals surface area contributed by atoms with Crippen molar-refractivity contribution in [3.05, 3.63) is 34.7 Å². The Hall–Kier alpha value is -0.900. The lowest BCUT2D eigenvalue weighted by Crippen LogP contribution is -2.43. The lowest BCUT2D eigenvalue weighted by molar-refractivity contribution is -0.0606. The Bertz CT molecular complexity index is 633. The van der Waals surface area contributed by atoms with Crippen LogP contribution in [0.3, 0.4) is 0 Å². The molecule has 1 N–H and O–H groups in total. The molecule has 2 atom stereocenters. The first-order valence-electron chi connectivity index (χ1n) is 7.87. The Labute approximate surface area is 131 Å². The van der Waals surface area contributed by atoms with Crippen molar-refractivity contribution in [2.75, 3.05) is 20.6 Å². The van der Waals surface area contributed by atoms with Gasteiger partial charge in [0.05, 0.1) is 5.60 Å². The monoisotopic (exact) mass is 303 g/mol. The van der Waals surface area contributed by atoms with Crippen molar-refractivity contribution in [2.45, 2.75) is 38.2 Å². The third-order valence-electron chi connectivity index (χ3n) is 4.77. The van der Waals surface area contributed by atoms with Crippen LogP contribution in [0.1, 0.15) is 36.1 Å². The second-order valence-electron chi connectivity index (χ2n) is 6.70. The van der Waals surface area contributed by atoms with Crippen LogP contribution in [0.5, 0.6) is 0 Å². The molecule has 3 rings (SSSR count). The smallest absolute Gasteiger partial charge is 0.0943 e. The fourth-order valence-corrected chi connectivity index (χ4v) is 4.78. The molecule has 2 unspecified atom stereocenters. The summed E-state index contributed by atoms with van der Waals surface area (Å²) in [5.41, 5.74) is 0.478. The van der Waals surface area contributed by atoms with Crippen molar-refractivity contribution in [3.8, 4) is 0 Å². The molecule has 0 spiro atoms. The SMILES string of the molecule is Cc1cc2c(C3(O)CCCCC3CN(C)C)cccc2s1. The highest BCUT2D eigenvalue weighted by Crippen LogP contribution is 2.45. The van der Waals surface area contributed by atoms with E-state index in [9.17, 15) is 5.11 Å². The van der Waals surface area contributed by atoms with E-state index < -0.39 is 5.60 Å². The second kappa shape index (κ2) is 5.71. The molecule has 114 valence electrons. The van der Waals surface area contributed by atoms with E-state index in [0.29, 0.717) is 5.92 Å². The predicted molar refractivity (Wildman–Crippen MR) is 91.0 cm³/mol. The molecule has 0 saturated heterocycles. The summed E-state index contributed by atoms with van der Waals surface area (Å²) in [5.74, 6) is 0.326. The van der Waals surface area contributed by atoms with Gasteiger partial charge in [-0.05, 0) is 56.9 Å². The lowest BCUT2D eigenvalue weighted by Gasteiger charge is -2.42. The average molecular weight is 303 g/mol. The maximum atomic E-state index is 11.5. The topological polar surface area (TPSA) is 23.5 Å². The van der Waals surface area contributed by atoms with Gasteiger partial charge in [-0.3, -0.25) is 0 Å². The molecule has 0 bridgehead atoms. The van der Waals surface area contributed by atoms with Gasteiger partial charge in [0.15, 0.2) is 0 Å². The minimum atomic E-state index is -0.671. The Morgan fingerprint density at radius 3 is 2.90 bits per heavy atom. The fraction of sp³-hybridized carbons (Fsp3) is 0.556. The minimum Gasteiger partial charge on any atom is -0.385 e. The lowest BCUT2D eigenvalue weighted by atomic mass is 9.70. The van der Waals surface area contributed by atoms with Crippen molar-refractivity contribution < 1.29 is 5.11 Å². The van der Waals surface area contributed by atoms with E-state index in [0.717, 1.165) is 31.4 Å². The number of hydrogen-bond acceptors (Lipinski definition) is 3. The average Bonchev–Trinajstić information content (AvgIpc) is 2.80. The number of fused-ring (bicyclic) bond motifs is 1. The molecule has 1 aromatic heterocycles. The van der Waals surface area contributed by atoms with E-state index in [-0.39, 0.29) is 0 Å². The molecule has 3 heteroatoms. The standard InChI is InChI=1S/C18H25NOS/c1-13-11-15-16(8-6-9-17(15)21-13)18(20)10-5-4-7-14(18)12-19(2)3/h6,8-9,11,14,20H,4-5,7,10,12H2,1-3H3. The summed E-state index contributed by atoms with van der Waals surface area (Å²) < 4.78 is 1.30. The first kappa shape index (κ1) is 15.0. The third-order valence-corrected chi connectivity index (χ3v) is 5.79. The van der Waals surface area contributed by atoms with Gasteiger partial charge in [-0.1, -0.05) is 25.0 Å². The van der Waals surface area contributed by atoms with Crippen LogP contribution in [-0.2, 0) is 5.60 Å². The van der Waals surface area contributed by atoms with Gasteiger partial charge in [-0.2, -0.15) is 0 Å². The van der Waals surface area contributed by atoms with Crippen molar-refractivity contribution in [1.29, 1.82) is 0 Å². The number of rotatable bonds is 3. The Morgan fingerprint density at radius 1 is 1.33 bits per heavy atom. The zero-order chi connectivity index (χ0) is 15.0. The third kappa shape index (κ3) is 2.75. The first-order valence-corrected chi connectivity index (χ1v) is 8.69. The molecule has 2 aromatic rings. The highest BCUT2D eigenvalue weighted by Gasteiger charge is 2.41. The van der Waals surface area contributed by atoms with Gasteiger partial charge in [0.25, 0.3) is 0 Å². The second-order valence-corrected chi connectivity index (χ2v) is 7.99. The van der Waals surface area contributed by atoms with Crippen LogP contribution < -0.4 is 0 Å². The number of thiophene rings is 1. The van der Waals surface area contributed by atoms with Crippen molar-refractivity contribution in [2.24, 2.45) is 5.92 Å². The first-order chi connectivity index (χ1) is 10.0. The maximum absolute atomic E-state index is 11.5. The fourth-order valence-electron chi connectivity index (χ4n) is 3.83. The Morgan fingerprint density at radius 2 is 2.14 bits per heavy atom. The minimum absolute atomic E-state index is 0.326. The quantitative estimate of drug-likeness (QED) is 0.921. The summed E-state index contributed by atoms with van der Waals surface area (Å²) in [7, 11) is 4.20. The molecule has 0 aliphatic heterocycles. The van der Waals surface area contributed by atoms with Crippen LogP contribution in [-0.4, -0.2) is 30.6 Å². The maximum Gasteiger partial charge on any atom is 0.0943 e. The van der Waals surface area contributed by atoms with Crippen LogP contribution in [0, 0.1) is 12.8 Å². The summed E-state index contributed by atoms with van der Waals surface area (Å²) in [6, 6.07) is 8.66. The van der Waals surface area contributed by atoms with Crippen LogP contribution in [0.4, 0.5) is 0 Å². The van der Waals surface area contributed by atoms with Gasteiger partial charge in [-0.25, -0.2) is 0 Å². The zero-order valence-electron chi connectivity index (χ0n) is 13.2. The molecular formula is C18H25NOS. The molecular weight excluding hydrogens is 278 g/mol. The Kier molecular flexibility index (Phi) is 4.08. The van der Waals surface area contributed by atoms with Gasteiger partial charge in [0.2, 0.25) is 0 Å². The largest absolute Gasteiger partial charge is 0.385 e. The molecule has 1 aliphatic rings. The summed E-state index contributed by atoms with van der Waals surface area (Å²) in [6.45, 7) is 3.10. The molecule has 1 heterocycles. The molecule has 0 amide bonds. The van der Waals surface area contributed by atoms with Gasteiger partial charge in [0.1, 0.15) is 0 Å². The van der Waals surface area contributed by atoms with Crippen molar-refractivity contribution >= 4 is 21.4 Å². The number of aryl methyl sites for hydroxylation is 1. The van der Waals surface area contributed by atoms with Gasteiger partial charge < -0.3 is 10.0 Å². The summed E-state index contributed by atoms with van der Waals surface area (Å²) in [5, 5.41) is 12.8. The molecule has 21 heavy (non-hydrogen) atoms. The van der Waals surface area contributed by atoms with Crippen molar-refractivity contribution in [1.82, 2.24) is 4.90 Å². The van der Waals surface area contributed by atoms with E-state index in [2.05, 4.69) is 50.2 Å². The number of aliphatic hydroxyl groups is 1. The van der Waals surface area contributed by atoms with Crippen LogP contribution in [0.2, 0.25) is 0 Å². The summed E-state index contributed by atoms with van der Waals surface area (Å²) in [6.07, 6.45) is 4.37. The molecule has 0 radical (unpaired) electrons. The summed E-state index contributed by atoms with van der Waals surface area (Å²) in [4.78, 5) is 3.53. The molecule has 1 aromatic carbocycles. The Balaban J connectivity index is 2.08. The van der Waals surface area contributed by atoms with Gasteiger partial charge in [-0.15, -0.1) is 11.3 Å². The van der Waals surface area contributed by atoms with E-state index in [4.69, 9.17) is 0 Å². The molecule has 1 aliphatic carbocycles. The molecule has 2 nitrogen and oxygen atoms in total. The van der Waals surface area contributed by atoms with Crippen LogP contribution in [0.15, 0.2) is 24.3 Å². The van der Waals surface area contributed by atoms with Gasteiger partial charge >= 0.3 is 0 Å². The molecule has 1 saturated carbocycles. The summed E-state index contributed by atoms with van der Waals surface area (Å²) >= 11 is 1.82. The number of hydrogen-bond donors (Lipinski definition) is 1. The van der Waals surface area contributed by atoms with E-state index in [1.54, 1.807) is 0 Å². The predicted octanol–water partition coefficient (Wildman–Crippen LogP) is 4.15. The zero-order valence-corrected chi connectivity index (χ0v) is 14.0. The normalized spacial score (nSPS) is 26.6. The van der Waals surface area contributed by atoms with Crippen LogP contribution >= 0.6 is 11.3 Å². The van der Waals surface area contributed by atoms with E-state index >= 15 is 0 Å². The number of benzene rings is 1. The highest BCUT2D eigenvalue weighted by atomic mass is 32.1. The van der Waals surface area contributed by atoms with E-state index in [1.165, 1.54) is 21.4 Å². The van der Waals surface area contributed by atoms with Crippen molar-refractivity contribution in [3.63, 3.8) is 0 Å². The number of nitrogens with zero attached hydrogens (tertiary/aromatic N) is 1. The van der Waals surface area contributed by atoms with Gasteiger partial charge in [0, 0.05) is 22.0 Å². The molecule has 1 fully saturated rings.